The first-order chi connectivity index (χ1) is 6.51. The Bertz CT molecular complexity index is 257. The second kappa shape index (κ2) is 3.30. The standard InChI is InChI=1S/C10H17ClN2O/c1-13(2)9(14)12-10(11)6-7-3-4-8(10)5-7/h7-8H,3-6H2,1-2H3,(H,12,14). The van der Waals surface area contributed by atoms with Gasteiger partial charge in [0, 0.05) is 14.1 Å². The maximum Gasteiger partial charge on any atom is 0.318 e. The number of alkyl halides is 1. The lowest BCUT2D eigenvalue weighted by molar-refractivity contribution is 0.201. The molecule has 14 heavy (non-hydrogen) atoms. The molecule has 2 bridgehead atoms. The van der Waals surface area contributed by atoms with Gasteiger partial charge in [-0.25, -0.2) is 4.79 Å². The number of hydrogen-bond donors (Lipinski definition) is 1. The second-order valence-corrected chi connectivity index (χ2v) is 5.44. The van der Waals surface area contributed by atoms with Gasteiger partial charge in [-0.15, -0.1) is 0 Å². The zero-order valence-corrected chi connectivity index (χ0v) is 9.47. The van der Waals surface area contributed by atoms with Crippen LogP contribution in [0.4, 0.5) is 4.79 Å². The Morgan fingerprint density at radius 1 is 1.50 bits per heavy atom. The van der Waals surface area contributed by atoms with Crippen LogP contribution in [-0.4, -0.2) is 30.0 Å². The molecule has 1 N–H and O–H groups in total. The Morgan fingerprint density at radius 3 is 2.64 bits per heavy atom. The molecule has 4 heteroatoms. The van der Waals surface area contributed by atoms with Crippen molar-refractivity contribution in [2.24, 2.45) is 11.8 Å². The van der Waals surface area contributed by atoms with Crippen LogP contribution in [0.25, 0.3) is 0 Å². The Morgan fingerprint density at radius 2 is 2.21 bits per heavy atom. The van der Waals surface area contributed by atoms with Gasteiger partial charge in [0.25, 0.3) is 0 Å². The van der Waals surface area contributed by atoms with Gasteiger partial charge in [-0.3, -0.25) is 0 Å². The number of nitrogens with one attached hydrogen (secondary N) is 1. The molecule has 0 saturated heterocycles. The highest BCUT2D eigenvalue weighted by Crippen LogP contribution is 2.52. The van der Waals surface area contributed by atoms with Crippen molar-refractivity contribution in [1.82, 2.24) is 10.2 Å². The monoisotopic (exact) mass is 216 g/mol. The van der Waals surface area contributed by atoms with E-state index in [0.717, 1.165) is 12.3 Å². The highest BCUT2D eigenvalue weighted by Gasteiger charge is 2.50. The number of carbonyl (C=O) groups is 1. The van der Waals surface area contributed by atoms with Crippen LogP contribution >= 0.6 is 11.6 Å². The second-order valence-electron chi connectivity index (χ2n) is 4.77. The molecule has 2 aliphatic carbocycles. The molecule has 2 fully saturated rings. The first kappa shape index (κ1) is 10.1. The molecule has 2 rings (SSSR count). The fourth-order valence-electron chi connectivity index (χ4n) is 2.71. The maximum atomic E-state index is 11.5. The van der Waals surface area contributed by atoms with Crippen LogP contribution in [-0.2, 0) is 0 Å². The minimum absolute atomic E-state index is 0.0763. The Kier molecular flexibility index (Phi) is 2.38. The van der Waals surface area contributed by atoms with Crippen molar-refractivity contribution < 1.29 is 4.79 Å². The van der Waals surface area contributed by atoms with Crippen LogP contribution in [0.2, 0.25) is 0 Å². The van der Waals surface area contributed by atoms with Gasteiger partial charge in [0.1, 0.15) is 5.00 Å². The fourth-order valence-corrected chi connectivity index (χ4v) is 3.20. The van der Waals surface area contributed by atoms with Gasteiger partial charge in [-0.05, 0) is 37.5 Å². The summed E-state index contributed by atoms with van der Waals surface area (Å²) < 4.78 is 0. The van der Waals surface area contributed by atoms with E-state index in [9.17, 15) is 4.79 Å². The van der Waals surface area contributed by atoms with Crippen LogP contribution in [0, 0.1) is 11.8 Å². The molecule has 0 spiro atoms. The molecule has 2 amide bonds. The van der Waals surface area contributed by atoms with Gasteiger partial charge < -0.3 is 10.2 Å². The van der Waals surface area contributed by atoms with Crippen molar-refractivity contribution in [2.45, 2.75) is 30.7 Å². The van der Waals surface area contributed by atoms with E-state index in [0.29, 0.717) is 5.92 Å². The summed E-state index contributed by atoms with van der Waals surface area (Å²) in [7, 11) is 3.48. The van der Waals surface area contributed by atoms with Crippen LogP contribution in [0.3, 0.4) is 0 Å². The quantitative estimate of drug-likeness (QED) is 0.528. The number of amides is 2. The average molecular weight is 217 g/mol. The van der Waals surface area contributed by atoms with Crippen molar-refractivity contribution in [3.05, 3.63) is 0 Å². The lowest BCUT2D eigenvalue weighted by atomic mass is 9.95. The lowest BCUT2D eigenvalue weighted by Crippen LogP contribution is -2.51. The van der Waals surface area contributed by atoms with Crippen LogP contribution < -0.4 is 5.32 Å². The fraction of sp³-hybridized carbons (Fsp3) is 0.900. The molecule has 80 valence electrons. The molecule has 3 atom stereocenters. The summed E-state index contributed by atoms with van der Waals surface area (Å²) in [6.07, 6.45) is 4.59. The molecule has 2 saturated carbocycles. The number of hydrogen-bond acceptors (Lipinski definition) is 1. The number of halogens is 1. The summed E-state index contributed by atoms with van der Waals surface area (Å²) >= 11 is 6.45. The molecule has 2 aliphatic rings. The average Bonchev–Trinajstić information content (AvgIpc) is 2.62. The van der Waals surface area contributed by atoms with E-state index in [-0.39, 0.29) is 6.03 Å². The van der Waals surface area contributed by atoms with E-state index in [2.05, 4.69) is 5.32 Å². The number of fused-ring (bicyclic) bond motifs is 2. The van der Waals surface area contributed by atoms with Crippen molar-refractivity contribution >= 4 is 17.6 Å². The van der Waals surface area contributed by atoms with Gasteiger partial charge in [-0.2, -0.15) is 0 Å². The first-order valence-electron chi connectivity index (χ1n) is 5.19. The van der Waals surface area contributed by atoms with Gasteiger partial charge >= 0.3 is 6.03 Å². The van der Waals surface area contributed by atoms with Gasteiger partial charge in [0.15, 0.2) is 0 Å². The number of rotatable bonds is 1. The first-order valence-corrected chi connectivity index (χ1v) is 5.57. The molecule has 0 aliphatic heterocycles. The molecule has 0 aromatic heterocycles. The minimum atomic E-state index is -0.454. The van der Waals surface area contributed by atoms with Crippen LogP contribution in [0.15, 0.2) is 0 Å². The van der Waals surface area contributed by atoms with E-state index >= 15 is 0 Å². The summed E-state index contributed by atoms with van der Waals surface area (Å²) in [5, 5.41) is 2.94. The Balaban J connectivity index is 2.00. The normalized spacial score (nSPS) is 39.9. The largest absolute Gasteiger partial charge is 0.331 e. The predicted octanol–water partition coefficient (Wildman–Crippen LogP) is 2.01. The van der Waals surface area contributed by atoms with E-state index < -0.39 is 5.00 Å². The number of nitrogens with zero attached hydrogens (tertiary/aromatic N) is 1. The van der Waals surface area contributed by atoms with E-state index in [1.165, 1.54) is 24.2 Å². The van der Waals surface area contributed by atoms with Crippen molar-refractivity contribution in [3.63, 3.8) is 0 Å². The summed E-state index contributed by atoms with van der Waals surface area (Å²) in [6.45, 7) is 0. The highest BCUT2D eigenvalue weighted by atomic mass is 35.5. The molecule has 0 aromatic rings. The number of urea groups is 1. The van der Waals surface area contributed by atoms with Crippen LogP contribution in [0.1, 0.15) is 25.7 Å². The van der Waals surface area contributed by atoms with Gasteiger partial charge in [0.05, 0.1) is 0 Å². The van der Waals surface area contributed by atoms with Gasteiger partial charge in [0.2, 0.25) is 0 Å². The molecule has 0 aromatic carbocycles. The molecule has 0 heterocycles. The zero-order valence-electron chi connectivity index (χ0n) is 8.72. The molecule has 3 nitrogen and oxygen atoms in total. The smallest absolute Gasteiger partial charge is 0.318 e. The van der Waals surface area contributed by atoms with Gasteiger partial charge in [-0.1, -0.05) is 11.6 Å². The third-order valence-electron chi connectivity index (χ3n) is 3.49. The molecule has 0 radical (unpaired) electrons. The third kappa shape index (κ3) is 1.58. The maximum absolute atomic E-state index is 11.5. The van der Waals surface area contributed by atoms with E-state index in [4.69, 9.17) is 11.6 Å². The minimum Gasteiger partial charge on any atom is -0.331 e. The third-order valence-corrected chi connectivity index (χ3v) is 4.05. The van der Waals surface area contributed by atoms with E-state index in [1.807, 2.05) is 0 Å². The Hall–Kier alpha value is -0.440. The predicted molar refractivity (Wildman–Crippen MR) is 56.3 cm³/mol. The van der Waals surface area contributed by atoms with Crippen LogP contribution in [0.5, 0.6) is 0 Å². The van der Waals surface area contributed by atoms with Crippen molar-refractivity contribution in [2.75, 3.05) is 14.1 Å². The molecular formula is C10H17ClN2O. The van der Waals surface area contributed by atoms with Crippen molar-refractivity contribution in [1.29, 1.82) is 0 Å². The summed E-state index contributed by atoms with van der Waals surface area (Å²) in [6, 6.07) is -0.0763. The highest BCUT2D eigenvalue weighted by molar-refractivity contribution is 6.25. The zero-order chi connectivity index (χ0) is 10.3. The Labute approximate surface area is 89.8 Å². The SMILES string of the molecule is CN(C)C(=O)NC1(Cl)CC2CCC1C2. The molecule has 3 unspecified atom stereocenters. The van der Waals surface area contributed by atoms with E-state index in [1.54, 1.807) is 14.1 Å². The molecular weight excluding hydrogens is 200 g/mol. The summed E-state index contributed by atoms with van der Waals surface area (Å²) in [5.74, 6) is 1.22. The van der Waals surface area contributed by atoms with Crippen molar-refractivity contribution in [3.8, 4) is 0 Å². The lowest BCUT2D eigenvalue weighted by Gasteiger charge is -2.33. The summed E-state index contributed by atoms with van der Waals surface area (Å²) in [4.78, 5) is 12.6. The summed E-state index contributed by atoms with van der Waals surface area (Å²) in [5.41, 5.74) is 0. The topological polar surface area (TPSA) is 32.3 Å². The number of carbonyl (C=O) groups excluding carboxylic acids is 1.